The summed E-state index contributed by atoms with van der Waals surface area (Å²) in [6.45, 7) is 7.78. The van der Waals surface area contributed by atoms with E-state index in [0.717, 1.165) is 24.1 Å². The van der Waals surface area contributed by atoms with Crippen LogP contribution in [0.25, 0.3) is 5.70 Å². The molecule has 1 saturated heterocycles. The molecule has 31 heavy (non-hydrogen) atoms. The highest BCUT2D eigenvalue weighted by molar-refractivity contribution is 5.69. The van der Waals surface area contributed by atoms with Crippen molar-refractivity contribution in [2.45, 2.75) is 32.4 Å². The van der Waals surface area contributed by atoms with Gasteiger partial charge >= 0.3 is 6.09 Å². The average Bonchev–Trinajstić information content (AvgIpc) is 3.50. The first-order valence-electron chi connectivity index (χ1n) is 10.2. The van der Waals surface area contributed by atoms with Crippen LogP contribution in [0.3, 0.4) is 0 Å². The van der Waals surface area contributed by atoms with Crippen LogP contribution in [0.4, 0.5) is 4.79 Å². The third kappa shape index (κ3) is 4.57. The number of imidazole rings is 1. The molecular weight excluding hydrogens is 398 g/mol. The van der Waals surface area contributed by atoms with E-state index in [1.807, 2.05) is 35.0 Å². The molecule has 0 aliphatic carbocycles. The lowest BCUT2D eigenvalue weighted by Crippen LogP contribution is -2.39. The number of hydrogen-bond donors (Lipinski definition) is 0. The van der Waals surface area contributed by atoms with Gasteiger partial charge in [-0.25, -0.2) is 14.5 Å². The Balaban J connectivity index is 1.41. The van der Waals surface area contributed by atoms with Gasteiger partial charge in [-0.2, -0.15) is 0 Å². The summed E-state index contributed by atoms with van der Waals surface area (Å²) in [4.78, 5) is 17.7. The first-order valence-corrected chi connectivity index (χ1v) is 10.2. The summed E-state index contributed by atoms with van der Waals surface area (Å²) in [6, 6.07) is 7.80. The third-order valence-corrected chi connectivity index (χ3v) is 5.27. The smallest absolute Gasteiger partial charge is 0.409 e. The molecule has 4 rings (SSSR count). The molecule has 3 heterocycles. The molecule has 0 N–H and O–H groups in total. The lowest BCUT2D eigenvalue weighted by atomic mass is 10.1. The number of hydrogen-bond acceptors (Lipinski definition) is 7. The Morgan fingerprint density at radius 1 is 1.26 bits per heavy atom. The van der Waals surface area contributed by atoms with Crippen LogP contribution in [0.15, 0.2) is 49.6 Å². The number of carbonyl (C=O) groups is 1. The molecule has 162 valence electrons. The van der Waals surface area contributed by atoms with Gasteiger partial charge in [0.15, 0.2) is 5.82 Å². The molecule has 1 fully saturated rings. The van der Waals surface area contributed by atoms with Gasteiger partial charge in [0.05, 0.1) is 24.7 Å². The second-order valence-corrected chi connectivity index (χ2v) is 7.16. The van der Waals surface area contributed by atoms with Gasteiger partial charge in [-0.05, 0) is 42.3 Å². The van der Waals surface area contributed by atoms with Gasteiger partial charge in [-0.15, -0.1) is 5.10 Å². The standard InChI is InChI=1S/C21H25N7O3/c1-3-30-21(29)26-11-8-17(9-12-26)28-20(23-24-25-28)14-31-19-7-5-4-6-18(19)16(2)27-13-10-22-15-27/h4-7,10,13,15,17H,2-3,8-9,11-12,14H2,1H3. The maximum absolute atomic E-state index is 11.9. The van der Waals surface area contributed by atoms with Crippen molar-refractivity contribution in [1.82, 2.24) is 34.7 Å². The van der Waals surface area contributed by atoms with Gasteiger partial charge in [-0.1, -0.05) is 18.7 Å². The Hall–Kier alpha value is -3.69. The van der Waals surface area contributed by atoms with Crippen molar-refractivity contribution in [3.8, 4) is 5.75 Å². The van der Waals surface area contributed by atoms with Crippen LogP contribution in [0, 0.1) is 0 Å². The number of amides is 1. The number of nitrogens with zero attached hydrogens (tertiary/aromatic N) is 7. The molecule has 0 atom stereocenters. The van der Waals surface area contributed by atoms with Gasteiger partial charge in [-0.3, -0.25) is 0 Å². The van der Waals surface area contributed by atoms with Crippen molar-refractivity contribution in [2.75, 3.05) is 19.7 Å². The lowest BCUT2D eigenvalue weighted by molar-refractivity contribution is 0.0906. The molecule has 3 aromatic rings. The fraction of sp³-hybridized carbons (Fsp3) is 0.381. The van der Waals surface area contributed by atoms with Gasteiger partial charge in [0.2, 0.25) is 0 Å². The van der Waals surface area contributed by atoms with E-state index in [-0.39, 0.29) is 18.7 Å². The molecular formula is C21H25N7O3. The molecule has 0 unspecified atom stereocenters. The van der Waals surface area contributed by atoms with Crippen molar-refractivity contribution < 1.29 is 14.3 Å². The highest BCUT2D eigenvalue weighted by atomic mass is 16.6. The largest absolute Gasteiger partial charge is 0.485 e. The molecule has 1 aliphatic heterocycles. The molecule has 0 radical (unpaired) electrons. The van der Waals surface area contributed by atoms with Gasteiger partial charge < -0.3 is 18.9 Å². The molecule has 2 aromatic heterocycles. The van der Waals surface area contributed by atoms with Crippen molar-refractivity contribution >= 4 is 11.8 Å². The van der Waals surface area contributed by atoms with Gasteiger partial charge in [0.1, 0.15) is 12.4 Å². The molecule has 0 bridgehead atoms. The molecule has 1 amide bonds. The minimum absolute atomic E-state index is 0.107. The zero-order chi connectivity index (χ0) is 21.6. The van der Waals surface area contributed by atoms with Crippen LogP contribution in [-0.4, -0.2) is 60.4 Å². The summed E-state index contributed by atoms with van der Waals surface area (Å²) >= 11 is 0. The van der Waals surface area contributed by atoms with Crippen LogP contribution in [0.5, 0.6) is 5.75 Å². The maximum atomic E-state index is 11.9. The number of ether oxygens (including phenoxy) is 2. The van der Waals surface area contributed by atoms with Crippen molar-refractivity contribution in [3.63, 3.8) is 0 Å². The van der Waals surface area contributed by atoms with Crippen LogP contribution in [-0.2, 0) is 11.3 Å². The second kappa shape index (κ2) is 9.41. The Labute approximate surface area is 180 Å². The number of aromatic nitrogens is 6. The summed E-state index contributed by atoms with van der Waals surface area (Å²) in [7, 11) is 0. The number of tetrazole rings is 1. The van der Waals surface area contributed by atoms with Crippen molar-refractivity contribution in [3.05, 3.63) is 61.0 Å². The Kier molecular flexibility index (Phi) is 6.25. The first kappa shape index (κ1) is 20.6. The molecule has 1 aliphatic rings. The molecule has 10 heteroatoms. The lowest BCUT2D eigenvalue weighted by Gasteiger charge is -2.31. The van der Waals surface area contributed by atoms with Crippen molar-refractivity contribution in [2.24, 2.45) is 0 Å². The number of carbonyl (C=O) groups excluding carboxylic acids is 1. The van der Waals surface area contributed by atoms with Gasteiger partial charge in [0, 0.05) is 31.0 Å². The molecule has 0 saturated carbocycles. The highest BCUT2D eigenvalue weighted by Crippen LogP contribution is 2.27. The van der Waals surface area contributed by atoms with Crippen LogP contribution in [0.1, 0.15) is 37.2 Å². The van der Waals surface area contributed by atoms with E-state index in [1.165, 1.54) is 0 Å². The summed E-state index contributed by atoms with van der Waals surface area (Å²) < 4.78 is 14.8. The highest BCUT2D eigenvalue weighted by Gasteiger charge is 2.27. The van der Waals surface area contributed by atoms with Crippen molar-refractivity contribution in [1.29, 1.82) is 0 Å². The van der Waals surface area contributed by atoms with Crippen LogP contribution in [0.2, 0.25) is 0 Å². The number of piperidine rings is 1. The molecule has 0 spiro atoms. The Bertz CT molecular complexity index is 1020. The maximum Gasteiger partial charge on any atom is 0.409 e. The summed E-state index contributed by atoms with van der Waals surface area (Å²) in [6.07, 6.45) is 6.48. The van der Waals surface area contributed by atoms with E-state index >= 15 is 0 Å². The second-order valence-electron chi connectivity index (χ2n) is 7.16. The summed E-state index contributed by atoms with van der Waals surface area (Å²) in [5, 5.41) is 12.2. The van der Waals surface area contributed by atoms with E-state index in [9.17, 15) is 4.79 Å². The fourth-order valence-electron chi connectivity index (χ4n) is 3.63. The Morgan fingerprint density at radius 2 is 2.06 bits per heavy atom. The van der Waals surface area contributed by atoms with Crippen LogP contribution >= 0.6 is 0 Å². The monoisotopic (exact) mass is 423 g/mol. The van der Waals surface area contributed by atoms with Crippen LogP contribution < -0.4 is 4.74 Å². The van der Waals surface area contributed by atoms with E-state index in [2.05, 4.69) is 27.1 Å². The zero-order valence-corrected chi connectivity index (χ0v) is 17.4. The predicted octanol–water partition coefficient (Wildman–Crippen LogP) is 2.76. The topological polar surface area (TPSA) is 100 Å². The number of likely N-dealkylation sites (tertiary alicyclic amines) is 1. The third-order valence-electron chi connectivity index (χ3n) is 5.27. The van der Waals surface area contributed by atoms with Gasteiger partial charge in [0.25, 0.3) is 0 Å². The number of benzene rings is 1. The number of rotatable bonds is 7. The Morgan fingerprint density at radius 3 is 2.81 bits per heavy atom. The van der Waals surface area contributed by atoms with E-state index in [1.54, 1.807) is 29.0 Å². The van der Waals surface area contributed by atoms with E-state index in [0.29, 0.717) is 31.3 Å². The van der Waals surface area contributed by atoms with E-state index < -0.39 is 0 Å². The normalized spacial score (nSPS) is 14.4. The molecule has 1 aromatic carbocycles. The first-order chi connectivity index (χ1) is 15.2. The average molecular weight is 423 g/mol. The number of para-hydroxylation sites is 1. The molecule has 10 nitrogen and oxygen atoms in total. The zero-order valence-electron chi connectivity index (χ0n) is 17.4. The predicted molar refractivity (Wildman–Crippen MR) is 112 cm³/mol. The minimum Gasteiger partial charge on any atom is -0.485 e. The van der Waals surface area contributed by atoms with E-state index in [4.69, 9.17) is 9.47 Å². The summed E-state index contributed by atoms with van der Waals surface area (Å²) in [5.41, 5.74) is 1.63. The quantitative estimate of drug-likeness (QED) is 0.576. The minimum atomic E-state index is -0.268. The SMILES string of the molecule is C=C(c1ccccc1OCc1nnnn1C1CCN(C(=O)OCC)CC1)n1ccnc1. The summed E-state index contributed by atoms with van der Waals surface area (Å²) in [5.74, 6) is 1.32. The fourth-order valence-corrected chi connectivity index (χ4v) is 3.63.